The predicted octanol–water partition coefficient (Wildman–Crippen LogP) is 3.56. The van der Waals surface area contributed by atoms with E-state index in [0.717, 1.165) is 24.8 Å². The SMILES string of the molecule is CC(C)(C)c1csc2c1C(=O)CCC2. The highest BCUT2D eigenvalue weighted by Crippen LogP contribution is 2.36. The van der Waals surface area contributed by atoms with E-state index >= 15 is 0 Å². The molecule has 0 amide bonds. The monoisotopic (exact) mass is 208 g/mol. The van der Waals surface area contributed by atoms with Crippen LogP contribution in [0.4, 0.5) is 0 Å². The van der Waals surface area contributed by atoms with Crippen molar-refractivity contribution >= 4 is 17.1 Å². The molecule has 0 fully saturated rings. The molecule has 0 unspecified atom stereocenters. The molecule has 0 N–H and O–H groups in total. The summed E-state index contributed by atoms with van der Waals surface area (Å²) in [5.74, 6) is 0.359. The highest BCUT2D eigenvalue weighted by Gasteiger charge is 2.28. The third-order valence-corrected chi connectivity index (χ3v) is 3.81. The summed E-state index contributed by atoms with van der Waals surface area (Å²) in [4.78, 5) is 13.1. The molecule has 2 heteroatoms. The van der Waals surface area contributed by atoms with E-state index in [2.05, 4.69) is 26.2 Å². The van der Waals surface area contributed by atoms with Gasteiger partial charge in [-0.15, -0.1) is 11.3 Å². The Morgan fingerprint density at radius 1 is 1.29 bits per heavy atom. The fourth-order valence-electron chi connectivity index (χ4n) is 1.97. The van der Waals surface area contributed by atoms with Gasteiger partial charge in [0.15, 0.2) is 5.78 Å². The minimum Gasteiger partial charge on any atom is -0.294 e. The minimum absolute atomic E-state index is 0.108. The first kappa shape index (κ1) is 9.91. The number of carbonyl (C=O) groups is 1. The zero-order valence-electron chi connectivity index (χ0n) is 9.02. The first-order valence-electron chi connectivity index (χ1n) is 5.14. The second-order valence-electron chi connectivity index (χ2n) is 4.97. The number of aryl methyl sites for hydroxylation is 1. The molecule has 0 aliphatic heterocycles. The summed E-state index contributed by atoms with van der Waals surface area (Å²) >= 11 is 1.76. The lowest BCUT2D eigenvalue weighted by atomic mass is 9.82. The summed E-state index contributed by atoms with van der Waals surface area (Å²) in [6, 6.07) is 0. The van der Waals surface area contributed by atoms with Crippen LogP contribution in [0.25, 0.3) is 0 Å². The van der Waals surface area contributed by atoms with E-state index in [-0.39, 0.29) is 5.41 Å². The number of thiophene rings is 1. The Balaban J connectivity index is 2.54. The number of hydrogen-bond donors (Lipinski definition) is 0. The van der Waals surface area contributed by atoms with Crippen molar-refractivity contribution in [1.29, 1.82) is 0 Å². The maximum absolute atomic E-state index is 11.8. The molecular weight excluding hydrogens is 192 g/mol. The topological polar surface area (TPSA) is 17.1 Å². The van der Waals surface area contributed by atoms with Gasteiger partial charge in [0.1, 0.15) is 0 Å². The van der Waals surface area contributed by atoms with Crippen molar-refractivity contribution in [3.05, 3.63) is 21.4 Å². The summed E-state index contributed by atoms with van der Waals surface area (Å²) in [7, 11) is 0. The van der Waals surface area contributed by atoms with Gasteiger partial charge in [0.05, 0.1) is 0 Å². The second-order valence-corrected chi connectivity index (χ2v) is 5.94. The Morgan fingerprint density at radius 3 is 2.64 bits per heavy atom. The van der Waals surface area contributed by atoms with Crippen LogP contribution in [0, 0.1) is 0 Å². The van der Waals surface area contributed by atoms with E-state index in [1.807, 2.05) is 0 Å². The second kappa shape index (κ2) is 3.20. The number of carbonyl (C=O) groups excluding carboxylic acids is 1. The van der Waals surface area contributed by atoms with Crippen LogP contribution >= 0.6 is 11.3 Å². The zero-order chi connectivity index (χ0) is 10.3. The molecule has 0 bridgehead atoms. The number of ketones is 1. The zero-order valence-corrected chi connectivity index (χ0v) is 9.83. The lowest BCUT2D eigenvalue weighted by Gasteiger charge is -2.21. The molecule has 0 saturated carbocycles. The van der Waals surface area contributed by atoms with Crippen molar-refractivity contribution < 1.29 is 4.79 Å². The van der Waals surface area contributed by atoms with Gasteiger partial charge in [0.2, 0.25) is 0 Å². The summed E-state index contributed by atoms with van der Waals surface area (Å²) in [6.07, 6.45) is 2.88. The van der Waals surface area contributed by atoms with Crippen molar-refractivity contribution in [2.75, 3.05) is 0 Å². The lowest BCUT2D eigenvalue weighted by Crippen LogP contribution is -2.18. The molecule has 1 heterocycles. The smallest absolute Gasteiger partial charge is 0.164 e. The van der Waals surface area contributed by atoms with Crippen LogP contribution < -0.4 is 0 Å². The van der Waals surface area contributed by atoms with E-state index in [1.54, 1.807) is 11.3 Å². The molecule has 0 aromatic carbocycles. The molecule has 0 spiro atoms. The van der Waals surface area contributed by atoms with E-state index in [0.29, 0.717) is 5.78 Å². The van der Waals surface area contributed by atoms with Crippen LogP contribution in [0.15, 0.2) is 5.38 Å². The van der Waals surface area contributed by atoms with Gasteiger partial charge >= 0.3 is 0 Å². The van der Waals surface area contributed by atoms with E-state index in [9.17, 15) is 4.79 Å². The Bertz CT molecular complexity index is 368. The number of rotatable bonds is 0. The van der Waals surface area contributed by atoms with E-state index in [4.69, 9.17) is 0 Å². The average Bonchev–Trinajstić information content (AvgIpc) is 2.47. The lowest BCUT2D eigenvalue weighted by molar-refractivity contribution is 0.0971. The Kier molecular flexibility index (Phi) is 2.26. The Labute approximate surface area is 89.1 Å². The molecule has 0 saturated heterocycles. The fourth-order valence-corrected chi connectivity index (χ4v) is 3.31. The fraction of sp³-hybridized carbons (Fsp3) is 0.583. The van der Waals surface area contributed by atoms with Crippen LogP contribution in [0.1, 0.15) is 54.4 Å². The first-order chi connectivity index (χ1) is 6.50. The summed E-state index contributed by atoms with van der Waals surface area (Å²) < 4.78 is 0. The van der Waals surface area contributed by atoms with Crippen LogP contribution in [-0.4, -0.2) is 5.78 Å². The maximum atomic E-state index is 11.8. The van der Waals surface area contributed by atoms with Crippen molar-refractivity contribution in [1.82, 2.24) is 0 Å². The van der Waals surface area contributed by atoms with Crippen molar-refractivity contribution in [3.63, 3.8) is 0 Å². The van der Waals surface area contributed by atoms with Crippen molar-refractivity contribution in [2.45, 2.75) is 45.4 Å². The number of fused-ring (bicyclic) bond motifs is 1. The van der Waals surface area contributed by atoms with Gasteiger partial charge in [-0.2, -0.15) is 0 Å². The first-order valence-corrected chi connectivity index (χ1v) is 6.02. The van der Waals surface area contributed by atoms with Gasteiger partial charge in [0.25, 0.3) is 0 Å². The molecule has 1 aliphatic rings. The Morgan fingerprint density at radius 2 is 2.00 bits per heavy atom. The third kappa shape index (κ3) is 1.52. The molecule has 1 nitrogen and oxygen atoms in total. The highest BCUT2D eigenvalue weighted by molar-refractivity contribution is 7.10. The largest absolute Gasteiger partial charge is 0.294 e. The van der Waals surface area contributed by atoms with Crippen molar-refractivity contribution in [3.8, 4) is 0 Å². The van der Waals surface area contributed by atoms with Gasteiger partial charge in [-0.05, 0) is 29.2 Å². The Hall–Kier alpha value is -0.630. The number of Topliss-reactive ketones (excluding diaryl/α,β-unsaturated/α-hetero) is 1. The maximum Gasteiger partial charge on any atom is 0.164 e. The van der Waals surface area contributed by atoms with Crippen LogP contribution in [0.5, 0.6) is 0 Å². The highest BCUT2D eigenvalue weighted by atomic mass is 32.1. The van der Waals surface area contributed by atoms with Gasteiger partial charge in [0, 0.05) is 16.9 Å². The standard InChI is InChI=1S/C12H16OS/c1-12(2,3)8-7-14-10-6-4-5-9(13)11(8)10/h7H,4-6H2,1-3H3. The number of hydrogen-bond acceptors (Lipinski definition) is 2. The molecule has 2 rings (SSSR count). The molecule has 14 heavy (non-hydrogen) atoms. The quantitative estimate of drug-likeness (QED) is 0.637. The van der Waals surface area contributed by atoms with Crippen molar-refractivity contribution in [2.24, 2.45) is 0 Å². The van der Waals surface area contributed by atoms with Crippen LogP contribution in [0.2, 0.25) is 0 Å². The van der Waals surface area contributed by atoms with E-state index < -0.39 is 0 Å². The molecular formula is C12H16OS. The summed E-state index contributed by atoms with van der Waals surface area (Å²) in [5, 5.41) is 2.17. The average molecular weight is 208 g/mol. The predicted molar refractivity (Wildman–Crippen MR) is 60.3 cm³/mol. The summed E-state index contributed by atoms with van der Waals surface area (Å²) in [6.45, 7) is 6.53. The summed E-state index contributed by atoms with van der Waals surface area (Å²) in [5.41, 5.74) is 2.41. The molecule has 76 valence electrons. The molecule has 1 aromatic heterocycles. The minimum atomic E-state index is 0.108. The molecule has 1 aliphatic carbocycles. The van der Waals surface area contributed by atoms with Gasteiger partial charge in [-0.3, -0.25) is 4.79 Å². The van der Waals surface area contributed by atoms with Gasteiger partial charge in [-0.1, -0.05) is 20.8 Å². The normalized spacial score (nSPS) is 16.9. The van der Waals surface area contributed by atoms with E-state index in [1.165, 1.54) is 10.4 Å². The molecule has 0 radical (unpaired) electrons. The van der Waals surface area contributed by atoms with Gasteiger partial charge < -0.3 is 0 Å². The van der Waals surface area contributed by atoms with Crippen LogP contribution in [-0.2, 0) is 11.8 Å². The third-order valence-electron chi connectivity index (χ3n) is 2.76. The van der Waals surface area contributed by atoms with Gasteiger partial charge in [-0.25, -0.2) is 0 Å². The van der Waals surface area contributed by atoms with Crippen LogP contribution in [0.3, 0.4) is 0 Å². The molecule has 1 aromatic rings. The molecule has 0 atom stereocenters.